The van der Waals surface area contributed by atoms with Gasteiger partial charge in [-0.25, -0.2) is 0 Å². The molecule has 2 aliphatic rings. The lowest BCUT2D eigenvalue weighted by atomic mass is 9.93. The fraction of sp³-hybridized carbons (Fsp3) is 0.588. The molecule has 2 fully saturated rings. The number of carbonyl (C=O) groups is 1. The van der Waals surface area contributed by atoms with Gasteiger partial charge in [0.25, 0.3) is 0 Å². The number of nitrogens with zero attached hydrogens (tertiary/aromatic N) is 2. The van der Waals surface area contributed by atoms with Crippen molar-refractivity contribution in [2.75, 3.05) is 32.7 Å². The van der Waals surface area contributed by atoms with E-state index in [2.05, 4.69) is 47.9 Å². The van der Waals surface area contributed by atoms with Crippen molar-refractivity contribution in [2.24, 2.45) is 0 Å². The van der Waals surface area contributed by atoms with Crippen LogP contribution in [0.25, 0.3) is 0 Å². The van der Waals surface area contributed by atoms with Crippen LogP contribution in [0.5, 0.6) is 0 Å². The highest BCUT2D eigenvalue weighted by Crippen LogP contribution is 2.49. The van der Waals surface area contributed by atoms with Crippen LogP contribution in [0.3, 0.4) is 0 Å². The Morgan fingerprint density at radius 2 is 1.70 bits per heavy atom. The van der Waals surface area contributed by atoms with E-state index in [0.29, 0.717) is 5.91 Å². The molecule has 3 heteroatoms. The maximum absolute atomic E-state index is 12.9. The zero-order valence-electron chi connectivity index (χ0n) is 12.6. The van der Waals surface area contributed by atoms with Gasteiger partial charge < -0.3 is 9.80 Å². The number of likely N-dealkylation sites (N-methyl/N-ethyl adjacent to an activating group) is 1. The van der Waals surface area contributed by atoms with Gasteiger partial charge in [0.05, 0.1) is 5.41 Å². The summed E-state index contributed by atoms with van der Waals surface area (Å²) in [6.45, 7) is 9.19. The van der Waals surface area contributed by atoms with Gasteiger partial charge >= 0.3 is 0 Å². The number of piperazine rings is 1. The van der Waals surface area contributed by atoms with Gasteiger partial charge in [-0.15, -0.1) is 0 Å². The maximum atomic E-state index is 12.9. The predicted octanol–water partition coefficient (Wildman–Crippen LogP) is 2.19. The molecule has 1 aromatic rings. The highest BCUT2D eigenvalue weighted by Gasteiger charge is 2.53. The lowest BCUT2D eigenvalue weighted by Gasteiger charge is -2.36. The van der Waals surface area contributed by atoms with Crippen LogP contribution in [0, 0.1) is 6.92 Å². The molecule has 1 heterocycles. The summed E-state index contributed by atoms with van der Waals surface area (Å²) in [4.78, 5) is 17.4. The van der Waals surface area contributed by atoms with Crippen molar-refractivity contribution in [2.45, 2.75) is 32.1 Å². The molecule has 1 saturated carbocycles. The van der Waals surface area contributed by atoms with Crippen molar-refractivity contribution < 1.29 is 4.79 Å². The third-order valence-corrected chi connectivity index (χ3v) is 4.87. The maximum Gasteiger partial charge on any atom is 0.233 e. The minimum atomic E-state index is -0.192. The van der Waals surface area contributed by atoms with E-state index in [4.69, 9.17) is 0 Å². The first-order valence-electron chi connectivity index (χ1n) is 7.74. The summed E-state index contributed by atoms with van der Waals surface area (Å²) >= 11 is 0. The van der Waals surface area contributed by atoms with Crippen molar-refractivity contribution in [1.82, 2.24) is 9.80 Å². The predicted molar refractivity (Wildman–Crippen MR) is 80.8 cm³/mol. The topological polar surface area (TPSA) is 23.6 Å². The first kappa shape index (κ1) is 13.6. The Bertz CT molecular complexity index is 482. The zero-order valence-corrected chi connectivity index (χ0v) is 12.6. The Kier molecular flexibility index (Phi) is 3.55. The SMILES string of the molecule is CCN1CCN(C(=O)C2(c3ccc(C)cc3)CC2)CC1. The molecular weight excluding hydrogens is 248 g/mol. The lowest BCUT2D eigenvalue weighted by molar-refractivity contribution is -0.135. The highest BCUT2D eigenvalue weighted by atomic mass is 16.2. The first-order chi connectivity index (χ1) is 9.65. The van der Waals surface area contributed by atoms with E-state index in [-0.39, 0.29) is 5.41 Å². The van der Waals surface area contributed by atoms with E-state index in [0.717, 1.165) is 45.6 Å². The molecule has 0 atom stereocenters. The van der Waals surface area contributed by atoms with E-state index in [1.165, 1.54) is 11.1 Å². The molecule has 1 aliphatic carbocycles. The van der Waals surface area contributed by atoms with Gasteiger partial charge in [0.15, 0.2) is 0 Å². The zero-order chi connectivity index (χ0) is 14.2. The number of carbonyl (C=O) groups excluding carboxylic acids is 1. The summed E-state index contributed by atoms with van der Waals surface area (Å²) in [6, 6.07) is 8.53. The average molecular weight is 272 g/mol. The van der Waals surface area contributed by atoms with Crippen molar-refractivity contribution in [3.63, 3.8) is 0 Å². The smallest absolute Gasteiger partial charge is 0.233 e. The number of hydrogen-bond donors (Lipinski definition) is 0. The van der Waals surface area contributed by atoms with E-state index >= 15 is 0 Å². The molecule has 1 aromatic carbocycles. The second kappa shape index (κ2) is 5.21. The Morgan fingerprint density at radius 3 is 2.20 bits per heavy atom. The van der Waals surface area contributed by atoms with Crippen molar-refractivity contribution >= 4 is 5.91 Å². The average Bonchev–Trinajstić information content (AvgIpc) is 3.29. The third-order valence-electron chi connectivity index (χ3n) is 4.87. The van der Waals surface area contributed by atoms with Gasteiger partial charge in [-0.1, -0.05) is 36.8 Å². The summed E-state index contributed by atoms with van der Waals surface area (Å²) in [5.74, 6) is 0.358. The molecule has 0 radical (unpaired) electrons. The fourth-order valence-corrected chi connectivity index (χ4v) is 3.19. The van der Waals surface area contributed by atoms with Gasteiger partial charge in [0.1, 0.15) is 0 Å². The number of hydrogen-bond acceptors (Lipinski definition) is 2. The first-order valence-corrected chi connectivity index (χ1v) is 7.74. The van der Waals surface area contributed by atoms with Gasteiger partial charge in [-0.2, -0.15) is 0 Å². The molecule has 3 nitrogen and oxygen atoms in total. The molecule has 1 amide bonds. The molecule has 0 bridgehead atoms. The van der Waals surface area contributed by atoms with Crippen molar-refractivity contribution in [3.8, 4) is 0 Å². The van der Waals surface area contributed by atoms with Crippen LogP contribution >= 0.6 is 0 Å². The van der Waals surface area contributed by atoms with Gasteiger partial charge in [-0.05, 0) is 31.9 Å². The molecule has 0 N–H and O–H groups in total. The number of amides is 1. The fourth-order valence-electron chi connectivity index (χ4n) is 3.19. The van der Waals surface area contributed by atoms with Crippen LogP contribution in [-0.2, 0) is 10.2 Å². The standard InChI is InChI=1S/C17H24N2O/c1-3-18-10-12-19(13-11-18)16(20)17(8-9-17)15-6-4-14(2)5-7-15/h4-7H,3,8-13H2,1-2H3. The summed E-state index contributed by atoms with van der Waals surface area (Å²) in [6.07, 6.45) is 2.03. The largest absolute Gasteiger partial charge is 0.339 e. The molecule has 0 unspecified atom stereocenters. The van der Waals surface area contributed by atoms with Crippen LogP contribution < -0.4 is 0 Å². The van der Waals surface area contributed by atoms with E-state index in [9.17, 15) is 4.79 Å². The molecule has 1 aliphatic heterocycles. The molecule has 108 valence electrons. The highest BCUT2D eigenvalue weighted by molar-refractivity contribution is 5.91. The molecule has 20 heavy (non-hydrogen) atoms. The lowest BCUT2D eigenvalue weighted by Crippen LogP contribution is -2.51. The number of rotatable bonds is 3. The van der Waals surface area contributed by atoms with Crippen LogP contribution in [0.4, 0.5) is 0 Å². The normalized spacial score (nSPS) is 21.8. The summed E-state index contributed by atoms with van der Waals surface area (Å²) in [7, 11) is 0. The quantitative estimate of drug-likeness (QED) is 0.842. The Morgan fingerprint density at radius 1 is 1.10 bits per heavy atom. The minimum absolute atomic E-state index is 0.192. The van der Waals surface area contributed by atoms with E-state index < -0.39 is 0 Å². The summed E-state index contributed by atoms with van der Waals surface area (Å²) in [5, 5.41) is 0. The van der Waals surface area contributed by atoms with Crippen LogP contribution in [-0.4, -0.2) is 48.4 Å². The molecule has 0 spiro atoms. The molecule has 0 aromatic heterocycles. The second-order valence-electron chi connectivity index (χ2n) is 6.17. The van der Waals surface area contributed by atoms with Crippen LogP contribution in [0.1, 0.15) is 30.9 Å². The van der Waals surface area contributed by atoms with Crippen LogP contribution in [0.15, 0.2) is 24.3 Å². The third kappa shape index (κ3) is 2.35. The van der Waals surface area contributed by atoms with E-state index in [1.54, 1.807) is 0 Å². The monoisotopic (exact) mass is 272 g/mol. The Labute approximate surface area is 121 Å². The Balaban J connectivity index is 1.72. The number of aryl methyl sites for hydroxylation is 1. The summed E-state index contributed by atoms with van der Waals surface area (Å²) in [5.41, 5.74) is 2.28. The summed E-state index contributed by atoms with van der Waals surface area (Å²) < 4.78 is 0. The van der Waals surface area contributed by atoms with Gasteiger partial charge in [0, 0.05) is 26.2 Å². The van der Waals surface area contributed by atoms with Gasteiger partial charge in [0.2, 0.25) is 5.91 Å². The van der Waals surface area contributed by atoms with E-state index in [1.807, 2.05) is 0 Å². The molecule has 3 rings (SSSR count). The number of benzene rings is 1. The second-order valence-corrected chi connectivity index (χ2v) is 6.17. The van der Waals surface area contributed by atoms with Gasteiger partial charge in [-0.3, -0.25) is 4.79 Å². The minimum Gasteiger partial charge on any atom is -0.339 e. The Hall–Kier alpha value is -1.35. The molecular formula is C17H24N2O. The van der Waals surface area contributed by atoms with Crippen LogP contribution in [0.2, 0.25) is 0 Å². The molecule has 1 saturated heterocycles. The van der Waals surface area contributed by atoms with Crippen molar-refractivity contribution in [3.05, 3.63) is 35.4 Å². The van der Waals surface area contributed by atoms with Crippen molar-refractivity contribution in [1.29, 1.82) is 0 Å².